The molecule has 0 spiro atoms. The lowest BCUT2D eigenvalue weighted by Crippen LogP contribution is -2.39. The molecule has 0 saturated heterocycles. The number of anilines is 1. The summed E-state index contributed by atoms with van der Waals surface area (Å²) < 4.78 is 0. The average molecular weight is 331 g/mol. The van der Waals surface area contributed by atoms with Crippen LogP contribution in [0.15, 0.2) is 24.3 Å². The fourth-order valence-electron chi connectivity index (χ4n) is 3.27. The second kappa shape index (κ2) is 8.83. The van der Waals surface area contributed by atoms with Crippen LogP contribution in [0.3, 0.4) is 0 Å². The van der Waals surface area contributed by atoms with Crippen molar-refractivity contribution in [2.45, 2.75) is 64.0 Å². The van der Waals surface area contributed by atoms with Crippen molar-refractivity contribution in [1.82, 2.24) is 4.90 Å². The zero-order chi connectivity index (χ0) is 17.5. The number of nitrogens with two attached hydrogens (primary N) is 1. The first-order valence-corrected chi connectivity index (χ1v) is 8.97. The highest BCUT2D eigenvalue weighted by Crippen LogP contribution is 2.25. The molecular formula is C19H29N3O2. The van der Waals surface area contributed by atoms with Gasteiger partial charge in [-0.2, -0.15) is 0 Å². The Morgan fingerprint density at radius 3 is 2.58 bits per heavy atom. The van der Waals surface area contributed by atoms with E-state index in [1.807, 2.05) is 31.0 Å². The van der Waals surface area contributed by atoms with Crippen LogP contribution in [0.1, 0.15) is 62.2 Å². The summed E-state index contributed by atoms with van der Waals surface area (Å²) >= 11 is 0. The van der Waals surface area contributed by atoms with Crippen molar-refractivity contribution in [3.63, 3.8) is 0 Å². The Labute approximate surface area is 144 Å². The maximum atomic E-state index is 12.9. The minimum absolute atomic E-state index is 0.0399. The summed E-state index contributed by atoms with van der Waals surface area (Å²) in [5, 5.41) is 2.82. The lowest BCUT2D eigenvalue weighted by atomic mass is 9.94. The van der Waals surface area contributed by atoms with Crippen LogP contribution in [0.25, 0.3) is 0 Å². The number of carbonyl (C=O) groups excluding carboxylic acids is 2. The van der Waals surface area contributed by atoms with Crippen LogP contribution in [0.2, 0.25) is 0 Å². The standard InChI is InChI=1S/C19H29N3O2/c1-3-9-16(20)18(23)21-17-13-8-7-12-15(17)19(24)22(2)14-10-5-4-6-11-14/h7-8,12-14,16H,3-6,9-11,20H2,1-2H3,(H,21,23). The van der Waals surface area contributed by atoms with Gasteiger partial charge in [-0.1, -0.05) is 44.7 Å². The van der Waals surface area contributed by atoms with Crippen molar-refractivity contribution >= 4 is 17.5 Å². The number of nitrogens with one attached hydrogen (secondary N) is 1. The Bertz CT molecular complexity index is 567. The number of nitrogens with zero attached hydrogens (tertiary/aromatic N) is 1. The predicted octanol–water partition coefficient (Wildman–Crippen LogP) is 3.16. The summed E-state index contributed by atoms with van der Waals surface area (Å²) in [5.41, 5.74) is 6.94. The van der Waals surface area contributed by atoms with E-state index in [0.717, 1.165) is 19.3 Å². The fourth-order valence-corrected chi connectivity index (χ4v) is 3.27. The van der Waals surface area contributed by atoms with Crippen molar-refractivity contribution < 1.29 is 9.59 Å². The molecule has 1 unspecified atom stereocenters. The topological polar surface area (TPSA) is 75.4 Å². The fraction of sp³-hybridized carbons (Fsp3) is 0.579. The summed E-state index contributed by atoms with van der Waals surface area (Å²) in [6.45, 7) is 1.99. The third-order valence-electron chi connectivity index (χ3n) is 4.79. The van der Waals surface area contributed by atoms with Gasteiger partial charge in [0.25, 0.3) is 5.91 Å². The maximum Gasteiger partial charge on any atom is 0.255 e. The van der Waals surface area contributed by atoms with Crippen LogP contribution in [0.4, 0.5) is 5.69 Å². The van der Waals surface area contributed by atoms with E-state index in [2.05, 4.69) is 5.32 Å². The van der Waals surface area contributed by atoms with Crippen molar-refractivity contribution in [1.29, 1.82) is 0 Å². The molecular weight excluding hydrogens is 302 g/mol. The summed E-state index contributed by atoms with van der Waals surface area (Å²) in [6.07, 6.45) is 7.18. The van der Waals surface area contributed by atoms with E-state index in [-0.39, 0.29) is 17.9 Å². The van der Waals surface area contributed by atoms with Gasteiger partial charge in [0.1, 0.15) is 0 Å². The van der Waals surface area contributed by atoms with Crippen molar-refractivity contribution in [2.75, 3.05) is 12.4 Å². The first kappa shape index (κ1) is 18.5. The molecule has 2 amide bonds. The third kappa shape index (κ3) is 4.57. The zero-order valence-corrected chi connectivity index (χ0v) is 14.8. The van der Waals surface area contributed by atoms with E-state index >= 15 is 0 Å². The van der Waals surface area contributed by atoms with Gasteiger partial charge in [-0.05, 0) is 31.4 Å². The molecule has 1 fully saturated rings. The Morgan fingerprint density at radius 2 is 1.92 bits per heavy atom. The Hall–Kier alpha value is -1.88. The number of carbonyl (C=O) groups is 2. The van der Waals surface area contributed by atoms with Crippen molar-refractivity contribution in [3.8, 4) is 0 Å². The highest BCUT2D eigenvalue weighted by Gasteiger charge is 2.25. The molecule has 1 aromatic rings. The van der Waals surface area contributed by atoms with Crippen LogP contribution in [0, 0.1) is 0 Å². The van der Waals surface area contributed by atoms with E-state index in [1.54, 1.807) is 12.1 Å². The van der Waals surface area contributed by atoms with Gasteiger partial charge in [-0.15, -0.1) is 0 Å². The van der Waals surface area contributed by atoms with E-state index in [0.29, 0.717) is 17.7 Å². The Balaban J connectivity index is 2.12. The molecule has 5 nitrogen and oxygen atoms in total. The molecule has 132 valence electrons. The SMILES string of the molecule is CCCC(N)C(=O)Nc1ccccc1C(=O)N(C)C1CCCCC1. The van der Waals surface area contributed by atoms with Gasteiger partial charge in [-0.25, -0.2) is 0 Å². The number of amides is 2. The molecule has 1 aliphatic carbocycles. The summed E-state index contributed by atoms with van der Waals surface area (Å²) in [7, 11) is 1.86. The minimum atomic E-state index is -0.547. The second-order valence-electron chi connectivity index (χ2n) is 6.64. The van der Waals surface area contributed by atoms with Gasteiger partial charge in [0.2, 0.25) is 5.91 Å². The van der Waals surface area contributed by atoms with Crippen molar-refractivity contribution in [3.05, 3.63) is 29.8 Å². The molecule has 1 atom stereocenters. The largest absolute Gasteiger partial charge is 0.339 e. The number of hydrogen-bond acceptors (Lipinski definition) is 3. The molecule has 1 aromatic carbocycles. The van der Waals surface area contributed by atoms with Gasteiger partial charge in [0.05, 0.1) is 17.3 Å². The number of rotatable bonds is 6. The van der Waals surface area contributed by atoms with Crippen LogP contribution in [-0.4, -0.2) is 35.8 Å². The summed E-state index contributed by atoms with van der Waals surface area (Å²) in [5.74, 6) is -0.278. The van der Waals surface area contributed by atoms with Crippen molar-refractivity contribution in [2.24, 2.45) is 5.73 Å². The Kier molecular flexibility index (Phi) is 6.79. The lowest BCUT2D eigenvalue weighted by Gasteiger charge is -2.31. The molecule has 1 saturated carbocycles. The predicted molar refractivity (Wildman–Crippen MR) is 96.9 cm³/mol. The van der Waals surface area contributed by atoms with Gasteiger partial charge in [0, 0.05) is 13.1 Å². The molecule has 0 bridgehead atoms. The molecule has 0 radical (unpaired) electrons. The summed E-state index contributed by atoms with van der Waals surface area (Å²) in [4.78, 5) is 26.9. The molecule has 1 aliphatic rings. The van der Waals surface area contributed by atoms with Crippen LogP contribution in [-0.2, 0) is 4.79 Å². The first-order valence-electron chi connectivity index (χ1n) is 8.97. The molecule has 24 heavy (non-hydrogen) atoms. The van der Waals surface area contributed by atoms with Gasteiger partial charge in [0.15, 0.2) is 0 Å². The molecule has 5 heteroatoms. The Morgan fingerprint density at radius 1 is 1.25 bits per heavy atom. The molecule has 0 heterocycles. The quantitative estimate of drug-likeness (QED) is 0.841. The number of benzene rings is 1. The minimum Gasteiger partial charge on any atom is -0.339 e. The van der Waals surface area contributed by atoms with Gasteiger partial charge < -0.3 is 16.0 Å². The highest BCUT2D eigenvalue weighted by molar-refractivity contribution is 6.04. The lowest BCUT2D eigenvalue weighted by molar-refractivity contribution is -0.117. The van der Waals surface area contributed by atoms with E-state index in [9.17, 15) is 9.59 Å². The van der Waals surface area contributed by atoms with E-state index in [4.69, 9.17) is 5.73 Å². The first-order chi connectivity index (χ1) is 11.5. The highest BCUT2D eigenvalue weighted by atomic mass is 16.2. The van der Waals surface area contributed by atoms with Crippen LogP contribution in [0.5, 0.6) is 0 Å². The monoisotopic (exact) mass is 331 g/mol. The third-order valence-corrected chi connectivity index (χ3v) is 4.79. The second-order valence-corrected chi connectivity index (χ2v) is 6.64. The number of hydrogen-bond donors (Lipinski definition) is 2. The summed E-state index contributed by atoms with van der Waals surface area (Å²) in [6, 6.07) is 6.91. The van der Waals surface area contributed by atoms with Gasteiger partial charge >= 0.3 is 0 Å². The van der Waals surface area contributed by atoms with Crippen LogP contribution < -0.4 is 11.1 Å². The van der Waals surface area contributed by atoms with Crippen LogP contribution >= 0.6 is 0 Å². The smallest absolute Gasteiger partial charge is 0.255 e. The van der Waals surface area contributed by atoms with Gasteiger partial charge in [-0.3, -0.25) is 9.59 Å². The van der Waals surface area contributed by atoms with E-state index in [1.165, 1.54) is 19.3 Å². The average Bonchev–Trinajstić information content (AvgIpc) is 2.62. The maximum absolute atomic E-state index is 12.9. The normalized spacial score (nSPS) is 16.5. The zero-order valence-electron chi connectivity index (χ0n) is 14.8. The number of para-hydroxylation sites is 1. The van der Waals surface area contributed by atoms with E-state index < -0.39 is 6.04 Å². The molecule has 0 aliphatic heterocycles. The molecule has 2 rings (SSSR count). The molecule has 0 aromatic heterocycles. The molecule has 3 N–H and O–H groups in total.